The molecule has 0 radical (unpaired) electrons. The lowest BCUT2D eigenvalue weighted by Gasteiger charge is -2.09. The third kappa shape index (κ3) is 3.02. The summed E-state index contributed by atoms with van der Waals surface area (Å²) in [4.78, 5) is 57.2. The summed E-state index contributed by atoms with van der Waals surface area (Å²) < 4.78 is 8.51. The van der Waals surface area contributed by atoms with E-state index in [0.717, 1.165) is 15.5 Å². The van der Waals surface area contributed by atoms with Crippen molar-refractivity contribution >= 4 is 33.8 Å². The van der Waals surface area contributed by atoms with Crippen LogP contribution in [0.4, 0.5) is 0 Å². The van der Waals surface area contributed by atoms with Crippen LogP contribution in [0.15, 0.2) is 40.2 Å². The molecule has 0 saturated carbocycles. The summed E-state index contributed by atoms with van der Waals surface area (Å²) in [6.07, 6.45) is 1.41. The van der Waals surface area contributed by atoms with Crippen molar-refractivity contribution in [3.05, 3.63) is 62.7 Å². The van der Waals surface area contributed by atoms with Gasteiger partial charge >= 0.3 is 11.7 Å². The molecule has 0 atom stereocenters. The van der Waals surface area contributed by atoms with Gasteiger partial charge in [0.2, 0.25) is 5.78 Å². The molecule has 0 aliphatic carbocycles. The Morgan fingerprint density at radius 1 is 1.17 bits per heavy atom. The quantitative estimate of drug-likeness (QED) is 0.382. The van der Waals surface area contributed by atoms with Gasteiger partial charge in [0.25, 0.3) is 5.56 Å². The van der Waals surface area contributed by atoms with Gasteiger partial charge in [0, 0.05) is 36.3 Å². The van der Waals surface area contributed by atoms with Crippen molar-refractivity contribution in [1.29, 1.82) is 0 Å². The SMILES string of the molecule is Cc1[nH]c2ccccc2c1C(=O)COC(=O)Cn1c(=O)c2c(ncn2C)n(C)c1=O. The maximum Gasteiger partial charge on any atom is 0.333 e. The fraction of sp³-hybridized carbons (Fsp3) is 0.250. The van der Waals surface area contributed by atoms with Crippen molar-refractivity contribution in [1.82, 2.24) is 23.7 Å². The Morgan fingerprint density at radius 2 is 1.90 bits per heavy atom. The second kappa shape index (κ2) is 7.14. The molecule has 4 aromatic rings. The summed E-state index contributed by atoms with van der Waals surface area (Å²) in [6, 6.07) is 7.32. The average molecular weight is 409 g/mol. The largest absolute Gasteiger partial charge is 0.456 e. The standard InChI is InChI=1S/C20H19N5O5/c1-11-16(12-6-4-5-7-13(12)22-11)14(26)9-30-15(27)8-25-19(28)17-18(21-10-23(17)2)24(3)20(25)29/h4-7,10,22H,8-9H2,1-3H3. The summed E-state index contributed by atoms with van der Waals surface area (Å²) >= 11 is 0. The predicted octanol–water partition coefficient (Wildman–Crippen LogP) is 0.650. The van der Waals surface area contributed by atoms with E-state index in [1.165, 1.54) is 22.5 Å². The molecule has 30 heavy (non-hydrogen) atoms. The van der Waals surface area contributed by atoms with Gasteiger partial charge in [-0.15, -0.1) is 0 Å². The zero-order valence-electron chi connectivity index (χ0n) is 16.6. The van der Waals surface area contributed by atoms with Crippen LogP contribution in [0.25, 0.3) is 22.1 Å². The number of benzene rings is 1. The fourth-order valence-corrected chi connectivity index (χ4v) is 3.56. The Balaban J connectivity index is 1.55. The number of aromatic nitrogens is 5. The smallest absolute Gasteiger partial charge is 0.333 e. The Labute approximate surface area is 169 Å². The number of rotatable bonds is 5. The number of carbonyl (C=O) groups excluding carboxylic acids is 2. The molecule has 0 bridgehead atoms. The first-order valence-electron chi connectivity index (χ1n) is 9.16. The zero-order chi connectivity index (χ0) is 21.6. The monoisotopic (exact) mass is 409 g/mol. The van der Waals surface area contributed by atoms with Crippen molar-refractivity contribution < 1.29 is 14.3 Å². The van der Waals surface area contributed by atoms with Crippen molar-refractivity contribution in [2.45, 2.75) is 13.5 Å². The van der Waals surface area contributed by atoms with Gasteiger partial charge in [-0.3, -0.25) is 19.0 Å². The fourth-order valence-electron chi connectivity index (χ4n) is 3.56. The highest BCUT2D eigenvalue weighted by Gasteiger charge is 2.20. The van der Waals surface area contributed by atoms with Crippen LogP contribution in [0.1, 0.15) is 16.1 Å². The summed E-state index contributed by atoms with van der Waals surface area (Å²) in [6.45, 7) is 0.665. The molecule has 10 heteroatoms. The van der Waals surface area contributed by atoms with E-state index in [0.29, 0.717) is 11.3 Å². The van der Waals surface area contributed by atoms with Gasteiger partial charge < -0.3 is 14.3 Å². The second-order valence-electron chi connectivity index (χ2n) is 7.02. The number of aryl methyl sites for hydroxylation is 3. The summed E-state index contributed by atoms with van der Waals surface area (Å²) in [5.41, 5.74) is 0.999. The number of nitrogens with zero attached hydrogens (tertiary/aromatic N) is 4. The van der Waals surface area contributed by atoms with Gasteiger partial charge in [-0.2, -0.15) is 0 Å². The van der Waals surface area contributed by atoms with Crippen LogP contribution < -0.4 is 11.2 Å². The Hall–Kier alpha value is -3.95. The molecule has 1 aromatic carbocycles. The van der Waals surface area contributed by atoms with Crippen molar-refractivity contribution in [3.8, 4) is 0 Å². The minimum atomic E-state index is -0.860. The number of carbonyl (C=O) groups is 2. The van der Waals surface area contributed by atoms with Gasteiger partial charge in [-0.05, 0) is 13.0 Å². The van der Waals surface area contributed by atoms with E-state index in [1.54, 1.807) is 20.0 Å². The molecule has 0 aliphatic rings. The molecule has 0 saturated heterocycles. The lowest BCUT2D eigenvalue weighted by atomic mass is 10.1. The minimum Gasteiger partial charge on any atom is -0.456 e. The van der Waals surface area contributed by atoms with E-state index in [2.05, 4.69) is 9.97 Å². The lowest BCUT2D eigenvalue weighted by Crippen LogP contribution is -2.41. The number of para-hydroxylation sites is 1. The maximum atomic E-state index is 12.6. The van der Waals surface area contributed by atoms with Crippen LogP contribution in [0.5, 0.6) is 0 Å². The van der Waals surface area contributed by atoms with Gasteiger partial charge in [-0.1, -0.05) is 18.2 Å². The topological polar surface area (TPSA) is 121 Å². The highest BCUT2D eigenvalue weighted by atomic mass is 16.5. The minimum absolute atomic E-state index is 0.190. The van der Waals surface area contributed by atoms with Crippen LogP contribution >= 0.6 is 0 Å². The molecule has 0 unspecified atom stereocenters. The molecule has 3 heterocycles. The molecular formula is C20H19N5O5. The normalized spacial score (nSPS) is 11.3. The zero-order valence-corrected chi connectivity index (χ0v) is 16.6. The number of ketones is 1. The van der Waals surface area contributed by atoms with E-state index in [-0.39, 0.29) is 16.9 Å². The number of hydrogen-bond donors (Lipinski definition) is 1. The molecule has 0 spiro atoms. The maximum absolute atomic E-state index is 12.6. The Morgan fingerprint density at radius 3 is 2.67 bits per heavy atom. The van der Waals surface area contributed by atoms with E-state index in [9.17, 15) is 19.2 Å². The Bertz CT molecular complexity index is 1440. The van der Waals surface area contributed by atoms with Crippen molar-refractivity contribution in [3.63, 3.8) is 0 Å². The summed E-state index contributed by atoms with van der Waals surface area (Å²) in [5.74, 6) is -1.23. The van der Waals surface area contributed by atoms with Gasteiger partial charge in [-0.25, -0.2) is 14.3 Å². The summed E-state index contributed by atoms with van der Waals surface area (Å²) in [7, 11) is 3.08. The third-order valence-electron chi connectivity index (χ3n) is 5.02. The van der Waals surface area contributed by atoms with Crippen LogP contribution in [-0.2, 0) is 30.2 Å². The number of Topliss-reactive ketones (excluding diaryl/α,β-unsaturated/α-hetero) is 1. The first kappa shape index (κ1) is 19.4. The molecule has 10 nitrogen and oxygen atoms in total. The summed E-state index contributed by atoms with van der Waals surface area (Å²) in [5, 5.41) is 0.739. The molecular weight excluding hydrogens is 390 g/mol. The van der Waals surface area contributed by atoms with Crippen molar-refractivity contribution in [2.24, 2.45) is 14.1 Å². The number of imidazole rings is 1. The molecule has 0 amide bonds. The van der Waals surface area contributed by atoms with E-state index >= 15 is 0 Å². The van der Waals surface area contributed by atoms with Gasteiger partial charge in [0.15, 0.2) is 17.8 Å². The number of nitrogens with one attached hydrogen (secondary N) is 1. The first-order chi connectivity index (χ1) is 14.3. The number of ether oxygens (including phenoxy) is 1. The van der Waals surface area contributed by atoms with Crippen molar-refractivity contribution in [2.75, 3.05) is 6.61 Å². The highest BCUT2D eigenvalue weighted by Crippen LogP contribution is 2.22. The number of H-pyrrole nitrogens is 1. The van der Waals surface area contributed by atoms with E-state index in [4.69, 9.17) is 4.74 Å². The molecule has 1 N–H and O–H groups in total. The van der Waals surface area contributed by atoms with Crippen LogP contribution in [0, 0.1) is 6.92 Å². The lowest BCUT2D eigenvalue weighted by molar-refractivity contribution is -0.143. The first-order valence-corrected chi connectivity index (χ1v) is 9.16. The van der Waals surface area contributed by atoms with Gasteiger partial charge in [0.05, 0.1) is 6.33 Å². The van der Waals surface area contributed by atoms with Gasteiger partial charge in [0.1, 0.15) is 6.54 Å². The number of fused-ring (bicyclic) bond motifs is 2. The molecule has 3 aromatic heterocycles. The van der Waals surface area contributed by atoms with Crippen LogP contribution in [-0.4, -0.2) is 42.0 Å². The average Bonchev–Trinajstić information content (AvgIpc) is 3.27. The molecule has 0 fully saturated rings. The number of aromatic amines is 1. The highest BCUT2D eigenvalue weighted by molar-refractivity contribution is 6.10. The van der Waals surface area contributed by atoms with Crippen LogP contribution in [0.2, 0.25) is 0 Å². The molecule has 0 aliphatic heterocycles. The second-order valence-corrected chi connectivity index (χ2v) is 7.02. The predicted molar refractivity (Wildman–Crippen MR) is 109 cm³/mol. The van der Waals surface area contributed by atoms with Crippen LogP contribution in [0.3, 0.4) is 0 Å². The van der Waals surface area contributed by atoms with E-state index in [1.807, 2.05) is 18.2 Å². The number of hydrogen-bond acceptors (Lipinski definition) is 6. The molecule has 4 rings (SSSR count). The molecule has 154 valence electrons. The third-order valence-corrected chi connectivity index (χ3v) is 5.02. The number of esters is 1. The van der Waals surface area contributed by atoms with E-state index < -0.39 is 30.4 Å². The Kier molecular flexibility index (Phi) is 4.61.